The first-order valence-corrected chi connectivity index (χ1v) is 8.82. The lowest BCUT2D eigenvalue weighted by molar-refractivity contribution is 0.304. The molecule has 1 N–H and O–H groups in total. The Hall–Kier alpha value is -0.760. The van der Waals surface area contributed by atoms with E-state index >= 15 is 0 Å². The molecule has 114 valence electrons. The van der Waals surface area contributed by atoms with Crippen molar-refractivity contribution in [1.29, 1.82) is 0 Å². The third-order valence-corrected chi connectivity index (χ3v) is 4.05. The van der Waals surface area contributed by atoms with Crippen LogP contribution in [0.1, 0.15) is 32.1 Å². The normalized spacial score (nSPS) is 11.4. The van der Waals surface area contributed by atoms with E-state index in [1.165, 1.54) is 0 Å². The fourth-order valence-corrected chi connectivity index (χ4v) is 2.68. The topological polar surface area (TPSA) is 72.8 Å². The Bertz CT molecular complexity index is 447. The van der Waals surface area contributed by atoms with Gasteiger partial charge in [0.1, 0.15) is 5.75 Å². The quantitative estimate of drug-likeness (QED) is 0.382. The molecule has 0 heterocycles. The molecule has 0 saturated heterocycles. The molecule has 0 aliphatic heterocycles. The summed E-state index contributed by atoms with van der Waals surface area (Å²) in [6.45, 7) is 0.713. The third kappa shape index (κ3) is 10.1. The summed E-state index contributed by atoms with van der Waals surface area (Å²) in [4.78, 5) is 0. The van der Waals surface area contributed by atoms with Crippen molar-refractivity contribution in [2.24, 2.45) is 0 Å². The second-order valence-electron chi connectivity index (χ2n) is 4.25. The molecule has 0 atom stereocenters. The SMILES string of the molecule is O=S(=O)(O)OSCCCCCCCOc1ccccc1. The van der Waals surface area contributed by atoms with Crippen molar-refractivity contribution >= 4 is 22.4 Å². The van der Waals surface area contributed by atoms with E-state index in [9.17, 15) is 8.42 Å². The molecule has 20 heavy (non-hydrogen) atoms. The zero-order valence-corrected chi connectivity index (χ0v) is 12.9. The van der Waals surface area contributed by atoms with Crippen molar-refractivity contribution in [3.05, 3.63) is 30.3 Å². The third-order valence-electron chi connectivity index (χ3n) is 2.52. The minimum atomic E-state index is -4.31. The second kappa shape index (κ2) is 10.0. The van der Waals surface area contributed by atoms with Gasteiger partial charge in [0.15, 0.2) is 0 Å². The van der Waals surface area contributed by atoms with Crippen LogP contribution in [0.2, 0.25) is 0 Å². The Labute approximate surface area is 124 Å². The minimum Gasteiger partial charge on any atom is -0.494 e. The van der Waals surface area contributed by atoms with Gasteiger partial charge in [-0.3, -0.25) is 4.55 Å². The Kier molecular flexibility index (Phi) is 8.68. The smallest absolute Gasteiger partial charge is 0.408 e. The van der Waals surface area contributed by atoms with Crippen LogP contribution in [0.15, 0.2) is 30.3 Å². The Balaban J connectivity index is 1.86. The minimum absolute atomic E-state index is 0.556. The van der Waals surface area contributed by atoms with Gasteiger partial charge in [0, 0.05) is 17.8 Å². The molecule has 0 saturated carbocycles. The van der Waals surface area contributed by atoms with Gasteiger partial charge in [0.25, 0.3) is 0 Å². The predicted octanol–water partition coefficient (Wildman–Crippen LogP) is 3.48. The maximum atomic E-state index is 10.3. The summed E-state index contributed by atoms with van der Waals surface area (Å²) >= 11 is 0.763. The standard InChI is InChI=1S/C13H20O5S2/c14-20(15,16)18-19-12-8-3-1-2-7-11-17-13-9-5-4-6-10-13/h4-6,9-10H,1-3,7-8,11-12H2,(H,14,15,16). The van der Waals surface area contributed by atoms with E-state index in [0.717, 1.165) is 49.9 Å². The Morgan fingerprint density at radius 2 is 1.65 bits per heavy atom. The summed E-state index contributed by atoms with van der Waals surface area (Å²) < 4.78 is 38.6. The molecular formula is C13H20O5S2. The zero-order valence-electron chi connectivity index (χ0n) is 11.2. The van der Waals surface area contributed by atoms with Crippen molar-refractivity contribution in [3.63, 3.8) is 0 Å². The molecule has 0 aromatic heterocycles. The number of hydrogen-bond acceptors (Lipinski definition) is 5. The molecule has 1 rings (SSSR count). The molecule has 0 spiro atoms. The van der Waals surface area contributed by atoms with E-state index in [1.807, 2.05) is 30.3 Å². The average Bonchev–Trinajstić information content (AvgIpc) is 2.41. The number of benzene rings is 1. The fraction of sp³-hybridized carbons (Fsp3) is 0.538. The van der Waals surface area contributed by atoms with E-state index < -0.39 is 10.4 Å². The van der Waals surface area contributed by atoms with Gasteiger partial charge in [-0.25, -0.2) is 0 Å². The van der Waals surface area contributed by atoms with Gasteiger partial charge in [-0.2, -0.15) is 12.0 Å². The lowest BCUT2D eigenvalue weighted by Gasteiger charge is -2.05. The summed E-state index contributed by atoms with van der Waals surface area (Å²) in [5.74, 6) is 1.45. The van der Waals surface area contributed by atoms with Crippen LogP contribution in [0.5, 0.6) is 5.75 Å². The summed E-state index contributed by atoms with van der Waals surface area (Å²) in [7, 11) is -4.31. The highest BCUT2D eigenvalue weighted by atomic mass is 32.3. The number of ether oxygens (including phenoxy) is 1. The van der Waals surface area contributed by atoms with E-state index in [1.54, 1.807) is 0 Å². The first kappa shape index (κ1) is 17.3. The van der Waals surface area contributed by atoms with Crippen LogP contribution in [-0.2, 0) is 14.0 Å². The van der Waals surface area contributed by atoms with Crippen LogP contribution in [0.25, 0.3) is 0 Å². The molecule has 1 aromatic rings. The van der Waals surface area contributed by atoms with Gasteiger partial charge in [-0.15, -0.1) is 0 Å². The second-order valence-corrected chi connectivity index (χ2v) is 6.29. The average molecular weight is 320 g/mol. The van der Waals surface area contributed by atoms with Crippen LogP contribution in [0.3, 0.4) is 0 Å². The Morgan fingerprint density at radius 1 is 1.00 bits per heavy atom. The van der Waals surface area contributed by atoms with Crippen molar-refractivity contribution in [1.82, 2.24) is 0 Å². The van der Waals surface area contributed by atoms with E-state index in [2.05, 4.69) is 3.63 Å². The van der Waals surface area contributed by atoms with Gasteiger partial charge in [0.2, 0.25) is 0 Å². The van der Waals surface area contributed by atoms with Gasteiger partial charge in [-0.05, 0) is 25.0 Å². The van der Waals surface area contributed by atoms with Crippen molar-refractivity contribution in [2.45, 2.75) is 32.1 Å². The molecular weight excluding hydrogens is 300 g/mol. The molecule has 0 aliphatic carbocycles. The van der Waals surface area contributed by atoms with Crippen LogP contribution >= 0.6 is 12.0 Å². The highest BCUT2D eigenvalue weighted by molar-refractivity contribution is 8.02. The summed E-state index contributed by atoms with van der Waals surface area (Å²) in [6.07, 6.45) is 5.03. The molecule has 0 amide bonds. The van der Waals surface area contributed by atoms with Crippen molar-refractivity contribution < 1.29 is 21.3 Å². The highest BCUT2D eigenvalue weighted by Gasteiger charge is 2.03. The summed E-state index contributed by atoms with van der Waals surface area (Å²) in [5.41, 5.74) is 0. The molecule has 0 radical (unpaired) electrons. The largest absolute Gasteiger partial charge is 0.494 e. The number of para-hydroxylation sites is 1. The molecule has 0 fully saturated rings. The Morgan fingerprint density at radius 3 is 2.35 bits per heavy atom. The highest BCUT2D eigenvalue weighted by Crippen LogP contribution is 2.13. The van der Waals surface area contributed by atoms with Crippen LogP contribution in [-0.4, -0.2) is 25.3 Å². The van der Waals surface area contributed by atoms with Crippen LogP contribution in [0.4, 0.5) is 0 Å². The fourth-order valence-electron chi connectivity index (χ4n) is 1.59. The van der Waals surface area contributed by atoms with E-state index in [-0.39, 0.29) is 0 Å². The van der Waals surface area contributed by atoms with Gasteiger partial charge in [-0.1, -0.05) is 37.5 Å². The predicted molar refractivity (Wildman–Crippen MR) is 80.1 cm³/mol. The van der Waals surface area contributed by atoms with Crippen LogP contribution < -0.4 is 4.74 Å². The molecule has 0 bridgehead atoms. The number of hydrogen-bond donors (Lipinski definition) is 1. The summed E-state index contributed by atoms with van der Waals surface area (Å²) in [6, 6.07) is 9.72. The lowest BCUT2D eigenvalue weighted by atomic mass is 10.2. The molecule has 0 unspecified atom stereocenters. The van der Waals surface area contributed by atoms with Gasteiger partial charge in [0.05, 0.1) is 6.61 Å². The van der Waals surface area contributed by atoms with Crippen LogP contribution in [0, 0.1) is 0 Å². The lowest BCUT2D eigenvalue weighted by Crippen LogP contribution is -1.98. The monoisotopic (exact) mass is 320 g/mol. The van der Waals surface area contributed by atoms with E-state index in [0.29, 0.717) is 12.4 Å². The molecule has 0 aliphatic rings. The van der Waals surface area contributed by atoms with Gasteiger partial charge < -0.3 is 4.74 Å². The summed E-state index contributed by atoms with van der Waals surface area (Å²) in [5, 5.41) is 0. The first-order chi connectivity index (χ1) is 9.58. The maximum absolute atomic E-state index is 10.3. The molecule has 7 heteroatoms. The van der Waals surface area contributed by atoms with Crippen molar-refractivity contribution in [2.75, 3.05) is 12.4 Å². The number of unbranched alkanes of at least 4 members (excludes halogenated alkanes) is 4. The van der Waals surface area contributed by atoms with Crippen molar-refractivity contribution in [3.8, 4) is 5.75 Å². The number of rotatable bonds is 11. The van der Waals surface area contributed by atoms with Gasteiger partial charge >= 0.3 is 10.4 Å². The maximum Gasteiger partial charge on any atom is 0.408 e. The zero-order chi connectivity index (χ0) is 14.7. The first-order valence-electron chi connectivity index (χ1n) is 6.54. The van der Waals surface area contributed by atoms with E-state index in [4.69, 9.17) is 9.29 Å². The molecule has 5 nitrogen and oxygen atoms in total. The molecule has 1 aromatic carbocycles.